The van der Waals surface area contributed by atoms with Crippen molar-refractivity contribution < 1.29 is 4.92 Å². The first-order valence-corrected chi connectivity index (χ1v) is 8.23. The number of fused-ring (bicyclic) bond motifs is 2. The number of thiazole rings is 1. The van der Waals surface area contributed by atoms with Crippen LogP contribution < -0.4 is 0 Å². The molecule has 0 radical (unpaired) electrons. The molecule has 0 N–H and O–H groups in total. The first kappa shape index (κ1) is 14.5. The molecule has 5 heteroatoms. The van der Waals surface area contributed by atoms with Gasteiger partial charge in [0.05, 0.1) is 15.1 Å². The molecule has 1 aromatic heterocycles. The Hall–Kier alpha value is -3.05. The molecule has 4 nitrogen and oxygen atoms in total. The lowest BCUT2D eigenvalue weighted by Crippen LogP contribution is -1.85. The van der Waals surface area contributed by atoms with E-state index in [-0.39, 0.29) is 10.6 Å². The standard InChI is InChI=1S/C19H12N2O2S/c22-21(23)15-9-10-17-18(12-15)24-19(20-17)11-8-14-6-3-5-13-4-1-2-7-16(13)14/h1-12H/b11-8+. The van der Waals surface area contributed by atoms with Gasteiger partial charge >= 0.3 is 0 Å². The number of aromatic nitrogens is 1. The normalized spacial score (nSPS) is 11.5. The summed E-state index contributed by atoms with van der Waals surface area (Å²) in [4.78, 5) is 15.0. The van der Waals surface area contributed by atoms with Crippen molar-refractivity contribution in [1.82, 2.24) is 4.98 Å². The molecular formula is C19H12N2O2S. The van der Waals surface area contributed by atoms with Crippen molar-refractivity contribution in [2.24, 2.45) is 0 Å². The Morgan fingerprint density at radius 2 is 1.83 bits per heavy atom. The van der Waals surface area contributed by atoms with Crippen LogP contribution in [-0.2, 0) is 0 Å². The molecule has 0 saturated carbocycles. The minimum absolute atomic E-state index is 0.0933. The number of hydrogen-bond donors (Lipinski definition) is 0. The van der Waals surface area contributed by atoms with E-state index in [9.17, 15) is 10.1 Å². The van der Waals surface area contributed by atoms with Gasteiger partial charge in [-0.05, 0) is 28.5 Å². The van der Waals surface area contributed by atoms with Gasteiger partial charge < -0.3 is 0 Å². The summed E-state index contributed by atoms with van der Waals surface area (Å²) in [5.74, 6) is 0. The summed E-state index contributed by atoms with van der Waals surface area (Å²) in [7, 11) is 0. The van der Waals surface area contributed by atoms with Crippen molar-refractivity contribution in [2.45, 2.75) is 0 Å². The van der Waals surface area contributed by atoms with E-state index in [2.05, 4.69) is 29.2 Å². The van der Waals surface area contributed by atoms with Crippen LogP contribution in [0.2, 0.25) is 0 Å². The Kier molecular flexibility index (Phi) is 3.55. The molecule has 24 heavy (non-hydrogen) atoms. The molecule has 0 fully saturated rings. The Morgan fingerprint density at radius 3 is 2.71 bits per heavy atom. The van der Waals surface area contributed by atoms with Gasteiger partial charge in [0.25, 0.3) is 5.69 Å². The third kappa shape index (κ3) is 2.66. The van der Waals surface area contributed by atoms with Gasteiger partial charge in [0.2, 0.25) is 0 Å². The third-order valence-corrected chi connectivity index (χ3v) is 4.81. The molecule has 0 aliphatic heterocycles. The molecule has 4 aromatic rings. The van der Waals surface area contributed by atoms with Crippen LogP contribution in [0.1, 0.15) is 10.6 Å². The molecular weight excluding hydrogens is 320 g/mol. The number of nitro benzene ring substituents is 1. The van der Waals surface area contributed by atoms with Gasteiger partial charge in [0, 0.05) is 12.1 Å². The summed E-state index contributed by atoms with van der Waals surface area (Å²) < 4.78 is 0.821. The van der Waals surface area contributed by atoms with Gasteiger partial charge in [-0.1, -0.05) is 48.5 Å². The Bertz CT molecular complexity index is 1090. The van der Waals surface area contributed by atoms with E-state index in [1.807, 2.05) is 30.4 Å². The minimum atomic E-state index is -0.384. The summed E-state index contributed by atoms with van der Waals surface area (Å²) in [6.07, 6.45) is 3.99. The highest BCUT2D eigenvalue weighted by molar-refractivity contribution is 7.19. The van der Waals surface area contributed by atoms with Gasteiger partial charge in [-0.3, -0.25) is 10.1 Å². The van der Waals surface area contributed by atoms with Crippen LogP contribution in [0.3, 0.4) is 0 Å². The largest absolute Gasteiger partial charge is 0.270 e. The SMILES string of the molecule is O=[N+]([O-])c1ccc2nc(/C=C/c3cccc4ccccc34)sc2c1. The van der Waals surface area contributed by atoms with Gasteiger partial charge in [0.1, 0.15) is 5.01 Å². The second-order valence-electron chi connectivity index (χ2n) is 5.36. The minimum Gasteiger partial charge on any atom is -0.258 e. The van der Waals surface area contributed by atoms with Crippen LogP contribution in [0.5, 0.6) is 0 Å². The molecule has 3 aromatic carbocycles. The van der Waals surface area contributed by atoms with Crippen LogP contribution in [0.25, 0.3) is 33.1 Å². The third-order valence-electron chi connectivity index (χ3n) is 3.83. The lowest BCUT2D eigenvalue weighted by atomic mass is 10.0. The quantitative estimate of drug-likeness (QED) is 0.366. The maximum absolute atomic E-state index is 10.9. The maximum atomic E-state index is 10.9. The monoisotopic (exact) mass is 332 g/mol. The summed E-state index contributed by atoms with van der Waals surface area (Å²) in [6, 6.07) is 19.2. The lowest BCUT2D eigenvalue weighted by Gasteiger charge is -2.00. The molecule has 0 spiro atoms. The van der Waals surface area contributed by atoms with E-state index in [1.165, 1.54) is 28.2 Å². The fraction of sp³-hybridized carbons (Fsp3) is 0. The molecule has 0 amide bonds. The van der Waals surface area contributed by atoms with Crippen LogP contribution in [0.4, 0.5) is 5.69 Å². The number of rotatable bonds is 3. The van der Waals surface area contributed by atoms with E-state index in [4.69, 9.17) is 0 Å². The zero-order valence-corrected chi connectivity index (χ0v) is 13.4. The average molecular weight is 332 g/mol. The number of nitro groups is 1. The molecule has 116 valence electrons. The molecule has 4 rings (SSSR count). The van der Waals surface area contributed by atoms with Gasteiger partial charge in [-0.2, -0.15) is 0 Å². The van der Waals surface area contributed by atoms with Crippen molar-refractivity contribution in [2.75, 3.05) is 0 Å². The summed E-state index contributed by atoms with van der Waals surface area (Å²) in [6.45, 7) is 0. The first-order valence-electron chi connectivity index (χ1n) is 7.41. The van der Waals surface area contributed by atoms with Crippen LogP contribution >= 0.6 is 11.3 Å². The zero-order valence-electron chi connectivity index (χ0n) is 12.5. The summed E-state index contributed by atoms with van der Waals surface area (Å²) in [5, 5.41) is 14.1. The van der Waals surface area contributed by atoms with Crippen molar-refractivity contribution in [1.29, 1.82) is 0 Å². The van der Waals surface area contributed by atoms with Crippen molar-refractivity contribution in [3.63, 3.8) is 0 Å². The van der Waals surface area contributed by atoms with E-state index in [0.29, 0.717) is 0 Å². The molecule has 0 bridgehead atoms. The Balaban J connectivity index is 1.72. The highest BCUT2D eigenvalue weighted by atomic mass is 32.1. The molecule has 0 unspecified atom stereocenters. The van der Waals surface area contributed by atoms with E-state index >= 15 is 0 Å². The number of non-ortho nitro benzene ring substituents is 1. The maximum Gasteiger partial charge on any atom is 0.270 e. The molecule has 0 aliphatic rings. The molecule has 0 saturated heterocycles. The fourth-order valence-corrected chi connectivity index (χ4v) is 3.58. The highest BCUT2D eigenvalue weighted by Crippen LogP contribution is 2.28. The zero-order chi connectivity index (χ0) is 16.5. The second-order valence-corrected chi connectivity index (χ2v) is 6.43. The Morgan fingerprint density at radius 1 is 1.00 bits per heavy atom. The van der Waals surface area contributed by atoms with Gasteiger partial charge in [0.15, 0.2) is 0 Å². The van der Waals surface area contributed by atoms with E-state index in [0.717, 1.165) is 20.8 Å². The smallest absolute Gasteiger partial charge is 0.258 e. The molecule has 1 heterocycles. The summed E-state index contributed by atoms with van der Waals surface area (Å²) in [5.41, 5.74) is 2.00. The van der Waals surface area contributed by atoms with Crippen molar-refractivity contribution in [3.05, 3.63) is 81.3 Å². The van der Waals surface area contributed by atoms with Crippen molar-refractivity contribution in [3.8, 4) is 0 Å². The molecule has 0 atom stereocenters. The number of hydrogen-bond acceptors (Lipinski definition) is 4. The topological polar surface area (TPSA) is 56.0 Å². The average Bonchev–Trinajstić information content (AvgIpc) is 3.01. The predicted molar refractivity (Wildman–Crippen MR) is 99.2 cm³/mol. The van der Waals surface area contributed by atoms with E-state index in [1.54, 1.807) is 12.1 Å². The van der Waals surface area contributed by atoms with Crippen LogP contribution in [-0.4, -0.2) is 9.91 Å². The Labute approximate surface area is 141 Å². The number of nitrogens with zero attached hydrogens (tertiary/aromatic N) is 2. The fourth-order valence-electron chi connectivity index (χ4n) is 2.67. The predicted octanol–water partition coefficient (Wildman–Crippen LogP) is 5.53. The van der Waals surface area contributed by atoms with Crippen LogP contribution in [0.15, 0.2) is 60.7 Å². The van der Waals surface area contributed by atoms with E-state index < -0.39 is 0 Å². The van der Waals surface area contributed by atoms with Crippen LogP contribution in [0, 0.1) is 10.1 Å². The van der Waals surface area contributed by atoms with Crippen molar-refractivity contribution >= 4 is 50.2 Å². The molecule has 0 aliphatic carbocycles. The number of benzene rings is 3. The summed E-state index contributed by atoms with van der Waals surface area (Å²) >= 11 is 1.45. The second kappa shape index (κ2) is 5.86. The van der Waals surface area contributed by atoms with Gasteiger partial charge in [-0.25, -0.2) is 4.98 Å². The van der Waals surface area contributed by atoms with Gasteiger partial charge in [-0.15, -0.1) is 11.3 Å². The highest BCUT2D eigenvalue weighted by Gasteiger charge is 2.09. The first-order chi connectivity index (χ1) is 11.7. The lowest BCUT2D eigenvalue weighted by molar-refractivity contribution is -0.384.